The molecular formula is C18H31NO2. The quantitative estimate of drug-likeness (QED) is 0.685. The Bertz CT molecular complexity index is 406. The molecule has 0 radical (unpaired) electrons. The van der Waals surface area contributed by atoms with Crippen molar-refractivity contribution in [1.82, 2.24) is 5.32 Å². The number of methoxy groups -OCH3 is 2. The largest absolute Gasteiger partial charge is 0.493 e. The molecule has 3 nitrogen and oxygen atoms in total. The van der Waals surface area contributed by atoms with Crippen LogP contribution in [0.25, 0.3) is 0 Å². The molecule has 0 aliphatic rings. The summed E-state index contributed by atoms with van der Waals surface area (Å²) >= 11 is 0. The Balaban J connectivity index is 2.60. The van der Waals surface area contributed by atoms with Crippen LogP contribution in [0.15, 0.2) is 18.2 Å². The molecule has 0 aliphatic heterocycles. The number of nitrogens with one attached hydrogen (secondary N) is 1. The molecule has 0 bridgehead atoms. The van der Waals surface area contributed by atoms with Crippen molar-refractivity contribution in [3.05, 3.63) is 23.8 Å². The summed E-state index contributed by atoms with van der Waals surface area (Å²) < 4.78 is 10.7. The lowest BCUT2D eigenvalue weighted by Gasteiger charge is -2.20. The fraction of sp³-hybridized carbons (Fsp3) is 0.667. The molecule has 120 valence electrons. The summed E-state index contributed by atoms with van der Waals surface area (Å²) in [6, 6.07) is 6.46. The highest BCUT2D eigenvalue weighted by Crippen LogP contribution is 2.30. The Morgan fingerprint density at radius 1 is 1.10 bits per heavy atom. The lowest BCUT2D eigenvalue weighted by atomic mass is 9.98. The lowest BCUT2D eigenvalue weighted by Crippen LogP contribution is -2.25. The minimum absolute atomic E-state index is 0.320. The predicted molar refractivity (Wildman–Crippen MR) is 89.3 cm³/mol. The van der Waals surface area contributed by atoms with Gasteiger partial charge >= 0.3 is 0 Å². The third-order valence-corrected chi connectivity index (χ3v) is 4.16. The Hall–Kier alpha value is -1.22. The van der Waals surface area contributed by atoms with E-state index in [1.165, 1.54) is 31.2 Å². The first kappa shape index (κ1) is 17.8. The second-order valence-electron chi connectivity index (χ2n) is 5.66. The summed E-state index contributed by atoms with van der Waals surface area (Å²) in [5, 5.41) is 3.65. The van der Waals surface area contributed by atoms with Gasteiger partial charge in [0.2, 0.25) is 0 Å². The zero-order valence-corrected chi connectivity index (χ0v) is 14.2. The van der Waals surface area contributed by atoms with Gasteiger partial charge in [0, 0.05) is 6.04 Å². The summed E-state index contributed by atoms with van der Waals surface area (Å²) in [4.78, 5) is 0. The molecule has 0 saturated heterocycles. The molecule has 0 aromatic heterocycles. The van der Waals surface area contributed by atoms with Gasteiger partial charge in [-0.3, -0.25) is 0 Å². The maximum atomic E-state index is 5.37. The topological polar surface area (TPSA) is 30.5 Å². The second-order valence-corrected chi connectivity index (χ2v) is 5.66. The van der Waals surface area contributed by atoms with Crippen molar-refractivity contribution in [3.8, 4) is 11.5 Å². The van der Waals surface area contributed by atoms with Gasteiger partial charge < -0.3 is 14.8 Å². The van der Waals surface area contributed by atoms with Gasteiger partial charge in [0.05, 0.1) is 14.2 Å². The van der Waals surface area contributed by atoms with Crippen molar-refractivity contribution in [2.24, 2.45) is 5.92 Å². The van der Waals surface area contributed by atoms with E-state index in [-0.39, 0.29) is 0 Å². The first-order valence-electron chi connectivity index (χ1n) is 8.11. The zero-order chi connectivity index (χ0) is 15.7. The van der Waals surface area contributed by atoms with Crippen molar-refractivity contribution in [3.63, 3.8) is 0 Å². The molecule has 1 rings (SSSR count). The van der Waals surface area contributed by atoms with Crippen LogP contribution in [0.5, 0.6) is 11.5 Å². The average Bonchev–Trinajstić information content (AvgIpc) is 2.54. The van der Waals surface area contributed by atoms with Crippen molar-refractivity contribution >= 4 is 0 Å². The summed E-state index contributed by atoms with van der Waals surface area (Å²) in [5.74, 6) is 2.34. The molecule has 1 aromatic carbocycles. The normalized spacial score (nSPS) is 13.8. The first-order chi connectivity index (χ1) is 10.2. The number of ether oxygens (including phenoxy) is 2. The molecule has 1 N–H and O–H groups in total. The standard InChI is InChI=1S/C18H31NO2/c1-6-8-9-15(7-2)13-19-14(3)16-10-11-17(20-4)18(12-16)21-5/h10-12,14-15,19H,6-9,13H2,1-5H3. The van der Waals surface area contributed by atoms with Crippen LogP contribution in [0.3, 0.4) is 0 Å². The Labute approximate surface area is 130 Å². The van der Waals surface area contributed by atoms with Crippen LogP contribution >= 0.6 is 0 Å². The Kier molecular flexibility index (Phi) is 8.21. The fourth-order valence-electron chi connectivity index (χ4n) is 2.53. The van der Waals surface area contributed by atoms with Gasteiger partial charge in [-0.25, -0.2) is 0 Å². The van der Waals surface area contributed by atoms with Crippen LogP contribution in [0.4, 0.5) is 0 Å². The molecule has 0 amide bonds. The summed E-state index contributed by atoms with van der Waals surface area (Å²) in [5.41, 5.74) is 1.23. The maximum Gasteiger partial charge on any atom is 0.161 e. The van der Waals surface area contributed by atoms with E-state index < -0.39 is 0 Å². The van der Waals surface area contributed by atoms with Gasteiger partial charge in [-0.05, 0) is 43.5 Å². The average molecular weight is 293 g/mol. The summed E-state index contributed by atoms with van der Waals surface area (Å²) in [7, 11) is 3.34. The smallest absolute Gasteiger partial charge is 0.161 e. The fourth-order valence-corrected chi connectivity index (χ4v) is 2.53. The highest BCUT2D eigenvalue weighted by Gasteiger charge is 2.12. The number of hydrogen-bond acceptors (Lipinski definition) is 3. The van der Waals surface area contributed by atoms with Gasteiger partial charge in [-0.2, -0.15) is 0 Å². The third kappa shape index (κ3) is 5.58. The lowest BCUT2D eigenvalue weighted by molar-refractivity contribution is 0.353. The minimum atomic E-state index is 0.320. The van der Waals surface area contributed by atoms with E-state index in [0.29, 0.717) is 6.04 Å². The molecule has 21 heavy (non-hydrogen) atoms. The molecule has 0 saturated carbocycles. The molecule has 0 spiro atoms. The van der Waals surface area contributed by atoms with Crippen LogP contribution in [0.2, 0.25) is 0 Å². The number of rotatable bonds is 10. The van der Waals surface area contributed by atoms with E-state index in [1.807, 2.05) is 6.07 Å². The van der Waals surface area contributed by atoms with Crippen molar-refractivity contribution in [2.45, 2.75) is 52.5 Å². The summed E-state index contributed by atoms with van der Waals surface area (Å²) in [6.45, 7) is 7.81. The van der Waals surface area contributed by atoms with E-state index >= 15 is 0 Å². The SMILES string of the molecule is CCCCC(CC)CNC(C)c1ccc(OC)c(OC)c1. The monoisotopic (exact) mass is 293 g/mol. The van der Waals surface area contributed by atoms with Gasteiger partial charge in [0.25, 0.3) is 0 Å². The molecular weight excluding hydrogens is 262 g/mol. The second kappa shape index (κ2) is 9.67. The van der Waals surface area contributed by atoms with Crippen LogP contribution < -0.4 is 14.8 Å². The van der Waals surface area contributed by atoms with Crippen molar-refractivity contribution in [1.29, 1.82) is 0 Å². The van der Waals surface area contributed by atoms with Gasteiger partial charge in [-0.15, -0.1) is 0 Å². The number of hydrogen-bond donors (Lipinski definition) is 1. The Morgan fingerprint density at radius 2 is 1.81 bits per heavy atom. The third-order valence-electron chi connectivity index (χ3n) is 4.16. The van der Waals surface area contributed by atoms with E-state index in [2.05, 4.69) is 38.2 Å². The van der Waals surface area contributed by atoms with Crippen LogP contribution in [0.1, 0.15) is 58.1 Å². The van der Waals surface area contributed by atoms with E-state index in [4.69, 9.17) is 9.47 Å². The molecule has 0 heterocycles. The van der Waals surface area contributed by atoms with Crippen molar-refractivity contribution in [2.75, 3.05) is 20.8 Å². The highest BCUT2D eigenvalue weighted by atomic mass is 16.5. The van der Waals surface area contributed by atoms with E-state index in [9.17, 15) is 0 Å². The maximum absolute atomic E-state index is 5.37. The van der Waals surface area contributed by atoms with Gasteiger partial charge in [0.15, 0.2) is 11.5 Å². The molecule has 0 aliphatic carbocycles. The molecule has 1 aromatic rings. The van der Waals surface area contributed by atoms with Crippen LogP contribution in [-0.2, 0) is 0 Å². The zero-order valence-electron chi connectivity index (χ0n) is 14.2. The number of unbranched alkanes of at least 4 members (excludes halogenated alkanes) is 1. The highest BCUT2D eigenvalue weighted by molar-refractivity contribution is 5.43. The summed E-state index contributed by atoms with van der Waals surface area (Å²) in [6.07, 6.45) is 5.16. The van der Waals surface area contributed by atoms with Crippen molar-refractivity contribution < 1.29 is 9.47 Å². The molecule has 0 fully saturated rings. The molecule has 2 unspecified atom stereocenters. The number of benzene rings is 1. The Morgan fingerprint density at radius 3 is 2.38 bits per heavy atom. The predicted octanol–water partition coefficient (Wildman–Crippen LogP) is 4.57. The van der Waals surface area contributed by atoms with Gasteiger partial charge in [0.1, 0.15) is 0 Å². The molecule has 2 atom stereocenters. The van der Waals surface area contributed by atoms with E-state index in [1.54, 1.807) is 14.2 Å². The van der Waals surface area contributed by atoms with Gasteiger partial charge in [-0.1, -0.05) is 39.2 Å². The van der Waals surface area contributed by atoms with Crippen LogP contribution in [0, 0.1) is 5.92 Å². The first-order valence-corrected chi connectivity index (χ1v) is 8.11. The molecule has 3 heteroatoms. The minimum Gasteiger partial charge on any atom is -0.493 e. The van der Waals surface area contributed by atoms with Crippen LogP contribution in [-0.4, -0.2) is 20.8 Å². The van der Waals surface area contributed by atoms with E-state index in [0.717, 1.165) is 24.0 Å².